The average molecular weight is 311 g/mol. The van der Waals surface area contributed by atoms with Gasteiger partial charge in [-0.05, 0) is 42.3 Å². The van der Waals surface area contributed by atoms with Crippen molar-refractivity contribution in [3.8, 4) is 11.5 Å². The maximum absolute atomic E-state index is 11.2. The van der Waals surface area contributed by atoms with Crippen LogP contribution in [0.2, 0.25) is 0 Å². The molecular formula is C18H17NO4. The minimum atomic E-state index is -0.931. The van der Waals surface area contributed by atoms with Gasteiger partial charge in [-0.3, -0.25) is 4.79 Å². The number of rotatable bonds is 4. The summed E-state index contributed by atoms with van der Waals surface area (Å²) in [5.41, 5.74) is 3.22. The molecule has 23 heavy (non-hydrogen) atoms. The molecule has 1 heterocycles. The summed E-state index contributed by atoms with van der Waals surface area (Å²) in [5, 5.41) is 29.3. The Labute approximate surface area is 133 Å². The molecule has 0 aliphatic heterocycles. The molecule has 0 unspecified atom stereocenters. The van der Waals surface area contributed by atoms with Gasteiger partial charge in [0.05, 0.1) is 11.9 Å². The van der Waals surface area contributed by atoms with E-state index in [1.54, 1.807) is 24.3 Å². The van der Waals surface area contributed by atoms with Crippen LogP contribution < -0.4 is 0 Å². The monoisotopic (exact) mass is 311 g/mol. The lowest BCUT2D eigenvalue weighted by Gasteiger charge is -2.09. The van der Waals surface area contributed by atoms with E-state index in [1.807, 2.05) is 29.7 Å². The lowest BCUT2D eigenvalue weighted by Crippen LogP contribution is -2.05. The van der Waals surface area contributed by atoms with Crippen molar-refractivity contribution in [2.45, 2.75) is 19.9 Å². The van der Waals surface area contributed by atoms with Crippen molar-refractivity contribution in [2.75, 3.05) is 0 Å². The number of carbonyl (C=O) groups is 1. The fourth-order valence-electron chi connectivity index (χ4n) is 2.94. The molecule has 0 aliphatic carbocycles. The Bertz CT molecular complexity index is 878. The second kappa shape index (κ2) is 5.68. The van der Waals surface area contributed by atoms with Crippen LogP contribution in [0.1, 0.15) is 16.8 Å². The highest BCUT2D eigenvalue weighted by atomic mass is 16.4. The minimum Gasteiger partial charge on any atom is -0.508 e. The summed E-state index contributed by atoms with van der Waals surface area (Å²) in [6.45, 7) is 2.39. The topological polar surface area (TPSA) is 82.7 Å². The summed E-state index contributed by atoms with van der Waals surface area (Å²) in [6, 6.07) is 12.1. The number of aromatic hydroxyl groups is 2. The maximum atomic E-state index is 11.2. The minimum absolute atomic E-state index is 0.0892. The van der Waals surface area contributed by atoms with E-state index in [1.165, 1.54) is 0 Å². The predicted octanol–water partition coefficient (Wildman–Crippen LogP) is 3.04. The highest BCUT2D eigenvalue weighted by Crippen LogP contribution is 2.33. The first kappa shape index (κ1) is 15.0. The van der Waals surface area contributed by atoms with Gasteiger partial charge in [0.25, 0.3) is 0 Å². The van der Waals surface area contributed by atoms with E-state index >= 15 is 0 Å². The molecule has 0 atom stereocenters. The van der Waals surface area contributed by atoms with E-state index in [0.717, 1.165) is 16.8 Å². The highest BCUT2D eigenvalue weighted by molar-refractivity contribution is 5.93. The summed E-state index contributed by atoms with van der Waals surface area (Å²) in [4.78, 5) is 11.2. The van der Waals surface area contributed by atoms with Crippen LogP contribution in [-0.4, -0.2) is 25.9 Å². The number of hydrogen-bond donors (Lipinski definition) is 3. The molecule has 0 saturated carbocycles. The third-order valence-corrected chi connectivity index (χ3v) is 4.06. The number of benzene rings is 2. The Kier molecular flexibility index (Phi) is 3.70. The van der Waals surface area contributed by atoms with Gasteiger partial charge in [0.15, 0.2) is 0 Å². The number of nitrogens with zero attached hydrogens (tertiary/aromatic N) is 1. The molecule has 3 aromatic rings. The lowest BCUT2D eigenvalue weighted by molar-refractivity contribution is -0.136. The van der Waals surface area contributed by atoms with Gasteiger partial charge in [0.1, 0.15) is 11.5 Å². The number of phenolic OH excluding ortho intramolecular Hbond substituents is 2. The third-order valence-electron chi connectivity index (χ3n) is 4.06. The maximum Gasteiger partial charge on any atom is 0.307 e. The Hall–Kier alpha value is -2.95. The van der Waals surface area contributed by atoms with E-state index in [9.17, 15) is 15.0 Å². The van der Waals surface area contributed by atoms with Gasteiger partial charge in [0, 0.05) is 17.6 Å². The SMILES string of the molecule is Cc1c(CC(=O)O)c2c(O)cccc2n1Cc1ccc(O)cc1. The molecule has 1 aromatic heterocycles. The second-order valence-corrected chi connectivity index (χ2v) is 5.56. The van der Waals surface area contributed by atoms with Crippen LogP contribution in [0.3, 0.4) is 0 Å². The van der Waals surface area contributed by atoms with E-state index in [-0.39, 0.29) is 17.9 Å². The van der Waals surface area contributed by atoms with Crippen molar-refractivity contribution in [1.82, 2.24) is 4.57 Å². The molecule has 118 valence electrons. The van der Waals surface area contributed by atoms with Gasteiger partial charge in [-0.25, -0.2) is 0 Å². The number of hydrogen-bond acceptors (Lipinski definition) is 3. The zero-order valence-corrected chi connectivity index (χ0v) is 12.7. The van der Waals surface area contributed by atoms with Crippen molar-refractivity contribution >= 4 is 16.9 Å². The van der Waals surface area contributed by atoms with Crippen molar-refractivity contribution in [2.24, 2.45) is 0 Å². The highest BCUT2D eigenvalue weighted by Gasteiger charge is 2.19. The van der Waals surface area contributed by atoms with Crippen LogP contribution in [0.25, 0.3) is 10.9 Å². The van der Waals surface area contributed by atoms with Gasteiger partial charge < -0.3 is 19.9 Å². The number of carboxylic acids is 1. The molecule has 5 nitrogen and oxygen atoms in total. The fraction of sp³-hybridized carbons (Fsp3) is 0.167. The Morgan fingerprint density at radius 3 is 2.43 bits per heavy atom. The van der Waals surface area contributed by atoms with Crippen LogP contribution in [0.4, 0.5) is 0 Å². The summed E-state index contributed by atoms with van der Waals surface area (Å²) in [5.74, 6) is -0.640. The second-order valence-electron chi connectivity index (χ2n) is 5.56. The van der Waals surface area contributed by atoms with Gasteiger partial charge in [-0.2, -0.15) is 0 Å². The summed E-state index contributed by atoms with van der Waals surface area (Å²) >= 11 is 0. The molecule has 0 saturated heterocycles. The molecule has 0 amide bonds. The molecule has 3 rings (SSSR count). The van der Waals surface area contributed by atoms with Crippen molar-refractivity contribution in [3.63, 3.8) is 0 Å². The Morgan fingerprint density at radius 1 is 1.09 bits per heavy atom. The molecule has 0 bridgehead atoms. The predicted molar refractivity (Wildman–Crippen MR) is 86.9 cm³/mol. The number of fused-ring (bicyclic) bond motifs is 1. The van der Waals surface area contributed by atoms with Crippen LogP contribution in [0.5, 0.6) is 11.5 Å². The van der Waals surface area contributed by atoms with Crippen LogP contribution in [0.15, 0.2) is 42.5 Å². The fourth-order valence-corrected chi connectivity index (χ4v) is 2.94. The summed E-state index contributed by atoms with van der Waals surface area (Å²) in [7, 11) is 0. The van der Waals surface area contributed by atoms with Crippen molar-refractivity contribution in [1.29, 1.82) is 0 Å². The summed E-state index contributed by atoms with van der Waals surface area (Å²) < 4.78 is 1.99. The van der Waals surface area contributed by atoms with Crippen molar-refractivity contribution < 1.29 is 20.1 Å². The number of aromatic nitrogens is 1. The molecule has 0 aliphatic rings. The van der Waals surface area contributed by atoms with E-state index < -0.39 is 5.97 Å². The average Bonchev–Trinajstić information content (AvgIpc) is 2.76. The first-order chi connectivity index (χ1) is 11.0. The van der Waals surface area contributed by atoms with Crippen LogP contribution in [-0.2, 0) is 17.8 Å². The van der Waals surface area contributed by atoms with E-state index in [4.69, 9.17) is 5.11 Å². The van der Waals surface area contributed by atoms with Crippen LogP contribution >= 0.6 is 0 Å². The first-order valence-corrected chi connectivity index (χ1v) is 7.26. The number of carboxylic acid groups (broad SMARTS) is 1. The molecule has 0 fully saturated rings. The molecule has 3 N–H and O–H groups in total. The van der Waals surface area contributed by atoms with E-state index in [2.05, 4.69) is 0 Å². The quantitative estimate of drug-likeness (QED) is 0.691. The van der Waals surface area contributed by atoms with Gasteiger partial charge >= 0.3 is 5.97 Å². The number of phenols is 2. The zero-order chi connectivity index (χ0) is 16.6. The lowest BCUT2D eigenvalue weighted by atomic mass is 10.1. The largest absolute Gasteiger partial charge is 0.508 e. The molecule has 0 spiro atoms. The first-order valence-electron chi connectivity index (χ1n) is 7.26. The standard InChI is InChI=1S/C18H17NO4/c1-11-14(9-17(22)23)18-15(3-2-4-16(18)21)19(11)10-12-5-7-13(20)8-6-12/h2-8,20-21H,9-10H2,1H3,(H,22,23). The Morgan fingerprint density at radius 2 is 1.78 bits per heavy atom. The molecule has 5 heteroatoms. The molecule has 0 radical (unpaired) electrons. The normalized spacial score (nSPS) is 11.0. The van der Waals surface area contributed by atoms with Gasteiger partial charge in [-0.15, -0.1) is 0 Å². The zero-order valence-electron chi connectivity index (χ0n) is 12.7. The van der Waals surface area contributed by atoms with Crippen molar-refractivity contribution in [3.05, 3.63) is 59.3 Å². The van der Waals surface area contributed by atoms with Gasteiger partial charge in [-0.1, -0.05) is 18.2 Å². The smallest absolute Gasteiger partial charge is 0.307 e. The number of aliphatic carboxylic acids is 1. The summed E-state index contributed by atoms with van der Waals surface area (Å²) in [6.07, 6.45) is -0.136. The van der Waals surface area contributed by atoms with Gasteiger partial charge in [0.2, 0.25) is 0 Å². The third kappa shape index (κ3) is 2.73. The molecule has 2 aromatic carbocycles. The van der Waals surface area contributed by atoms with Crippen LogP contribution in [0, 0.1) is 6.92 Å². The molecular weight excluding hydrogens is 294 g/mol. The van der Waals surface area contributed by atoms with E-state index in [0.29, 0.717) is 17.5 Å². The Balaban J connectivity index is 2.16.